The van der Waals surface area contributed by atoms with E-state index in [0.29, 0.717) is 18.8 Å². The molecule has 1 heterocycles. The van der Waals surface area contributed by atoms with E-state index in [1.807, 2.05) is 31.2 Å². The molecule has 1 aromatic carbocycles. The van der Waals surface area contributed by atoms with E-state index in [0.717, 1.165) is 15.6 Å². The number of nitrogens with one attached hydrogen (secondary N) is 2. The normalized spacial score (nSPS) is 12.1. The molecule has 0 aliphatic carbocycles. The Morgan fingerprint density at radius 1 is 1.45 bits per heavy atom. The maximum Gasteiger partial charge on any atom is 0.220 e. The van der Waals surface area contributed by atoms with Crippen LogP contribution in [0.5, 0.6) is 0 Å². The van der Waals surface area contributed by atoms with Crippen LogP contribution in [0.1, 0.15) is 30.4 Å². The smallest absolute Gasteiger partial charge is 0.220 e. The van der Waals surface area contributed by atoms with Gasteiger partial charge in [-0.15, -0.1) is 0 Å². The van der Waals surface area contributed by atoms with Crippen LogP contribution in [0.25, 0.3) is 0 Å². The summed E-state index contributed by atoms with van der Waals surface area (Å²) in [4.78, 5) is 11.9. The summed E-state index contributed by atoms with van der Waals surface area (Å²) in [5.74, 6) is 0.664. The third-order valence-corrected chi connectivity index (χ3v) is 3.69. The fourth-order valence-corrected chi connectivity index (χ4v) is 2.18. The Kier molecular flexibility index (Phi) is 4.79. The lowest BCUT2D eigenvalue weighted by Crippen LogP contribution is -2.24. The lowest BCUT2D eigenvalue weighted by atomic mass is 9.97. The molecule has 1 amide bonds. The fourth-order valence-electron chi connectivity index (χ4n) is 1.92. The molecular weight excluding hydrogens is 320 g/mol. The summed E-state index contributed by atoms with van der Waals surface area (Å²) in [7, 11) is 0. The average Bonchev–Trinajstić information content (AvgIpc) is 2.82. The van der Waals surface area contributed by atoms with Crippen LogP contribution in [0, 0.1) is 0 Å². The number of H-pyrrole nitrogens is 1. The fraction of sp³-hybridized carbons (Fsp3) is 0.286. The number of carbonyl (C=O) groups is 1. The Hall–Kier alpha value is -1.82. The molecule has 2 aromatic rings. The number of carbonyl (C=O) groups excluding carboxylic acids is 1. The minimum atomic E-state index is 0.000943. The highest BCUT2D eigenvalue weighted by Gasteiger charge is 2.11. The van der Waals surface area contributed by atoms with Gasteiger partial charge in [0.1, 0.15) is 5.82 Å². The highest BCUT2D eigenvalue weighted by atomic mass is 79.9. The van der Waals surface area contributed by atoms with Gasteiger partial charge in [0.15, 0.2) is 0 Å². The third-order valence-electron chi connectivity index (χ3n) is 3.16. The standard InChI is InChI=1S/C14H17BrN4O/c1-9(10-2-4-12(15)5-3-10)6-13(20)17-7-11-8-18-19-14(11)16/h2-5,8-9H,6-7H2,1H3,(H,17,20)(H3,16,18,19). The molecule has 1 aromatic heterocycles. The van der Waals surface area contributed by atoms with Crippen molar-refractivity contribution in [2.75, 3.05) is 5.73 Å². The zero-order valence-corrected chi connectivity index (χ0v) is 12.8. The van der Waals surface area contributed by atoms with Gasteiger partial charge in [0.05, 0.1) is 6.20 Å². The molecule has 2 rings (SSSR count). The number of aromatic nitrogens is 2. The molecule has 4 N–H and O–H groups in total. The molecule has 20 heavy (non-hydrogen) atoms. The molecule has 0 spiro atoms. The first-order chi connectivity index (χ1) is 9.56. The molecule has 0 saturated carbocycles. The molecule has 0 radical (unpaired) electrons. The number of nitrogens with zero attached hydrogens (tertiary/aromatic N) is 1. The Morgan fingerprint density at radius 2 is 2.15 bits per heavy atom. The van der Waals surface area contributed by atoms with Crippen LogP contribution in [0.15, 0.2) is 34.9 Å². The number of nitrogens with two attached hydrogens (primary N) is 1. The van der Waals surface area contributed by atoms with Gasteiger partial charge in [-0.05, 0) is 23.6 Å². The first-order valence-electron chi connectivity index (χ1n) is 6.36. The number of nitrogen functional groups attached to an aromatic ring is 1. The van der Waals surface area contributed by atoms with Crippen LogP contribution >= 0.6 is 15.9 Å². The minimum Gasteiger partial charge on any atom is -0.384 e. The zero-order chi connectivity index (χ0) is 14.5. The molecule has 1 unspecified atom stereocenters. The average molecular weight is 337 g/mol. The molecule has 0 aliphatic rings. The summed E-state index contributed by atoms with van der Waals surface area (Å²) < 4.78 is 1.04. The molecule has 106 valence electrons. The van der Waals surface area contributed by atoms with Crippen molar-refractivity contribution in [3.8, 4) is 0 Å². The highest BCUT2D eigenvalue weighted by Crippen LogP contribution is 2.21. The van der Waals surface area contributed by atoms with Crippen molar-refractivity contribution >= 4 is 27.7 Å². The molecular formula is C14H17BrN4O. The van der Waals surface area contributed by atoms with Gasteiger partial charge in [0.2, 0.25) is 5.91 Å². The Morgan fingerprint density at radius 3 is 2.75 bits per heavy atom. The van der Waals surface area contributed by atoms with Gasteiger partial charge in [-0.2, -0.15) is 5.10 Å². The van der Waals surface area contributed by atoms with Crippen molar-refractivity contribution in [3.63, 3.8) is 0 Å². The van der Waals surface area contributed by atoms with Crippen molar-refractivity contribution in [2.24, 2.45) is 0 Å². The number of benzene rings is 1. The van der Waals surface area contributed by atoms with Crippen LogP contribution in [-0.2, 0) is 11.3 Å². The first-order valence-corrected chi connectivity index (χ1v) is 7.15. The Labute approximate surface area is 126 Å². The number of aromatic amines is 1. The molecule has 0 bridgehead atoms. The summed E-state index contributed by atoms with van der Waals surface area (Å²) in [6.07, 6.45) is 2.06. The first kappa shape index (κ1) is 14.6. The Bertz CT molecular complexity index is 579. The van der Waals surface area contributed by atoms with Gasteiger partial charge < -0.3 is 11.1 Å². The SMILES string of the molecule is CC(CC(=O)NCc1cn[nH]c1N)c1ccc(Br)cc1. The largest absolute Gasteiger partial charge is 0.384 e. The number of amides is 1. The number of anilines is 1. The molecule has 0 fully saturated rings. The molecule has 6 heteroatoms. The summed E-state index contributed by atoms with van der Waals surface area (Å²) in [5.41, 5.74) is 7.60. The number of hydrogen-bond donors (Lipinski definition) is 3. The van der Waals surface area contributed by atoms with E-state index in [1.54, 1.807) is 6.20 Å². The van der Waals surface area contributed by atoms with E-state index in [-0.39, 0.29) is 11.8 Å². The lowest BCUT2D eigenvalue weighted by Gasteiger charge is -2.12. The third kappa shape index (κ3) is 3.84. The van der Waals surface area contributed by atoms with Gasteiger partial charge in [0, 0.05) is 23.0 Å². The van der Waals surface area contributed by atoms with Crippen molar-refractivity contribution in [2.45, 2.75) is 25.8 Å². The molecule has 0 saturated heterocycles. The van der Waals surface area contributed by atoms with E-state index in [9.17, 15) is 4.79 Å². The predicted octanol–water partition coefficient (Wildman–Crippen LogP) is 2.56. The summed E-state index contributed by atoms with van der Waals surface area (Å²) in [6, 6.07) is 8.01. The van der Waals surface area contributed by atoms with E-state index in [2.05, 4.69) is 31.4 Å². The van der Waals surface area contributed by atoms with E-state index in [1.165, 1.54) is 0 Å². The van der Waals surface area contributed by atoms with Crippen LogP contribution in [0.3, 0.4) is 0 Å². The number of rotatable bonds is 5. The van der Waals surface area contributed by atoms with Crippen LogP contribution in [0.2, 0.25) is 0 Å². The number of halogens is 1. The van der Waals surface area contributed by atoms with Gasteiger partial charge in [-0.1, -0.05) is 35.0 Å². The van der Waals surface area contributed by atoms with Crippen molar-refractivity contribution in [1.29, 1.82) is 0 Å². The van der Waals surface area contributed by atoms with Crippen LogP contribution in [0.4, 0.5) is 5.82 Å². The predicted molar refractivity (Wildman–Crippen MR) is 82.0 cm³/mol. The van der Waals surface area contributed by atoms with Crippen molar-refractivity contribution in [3.05, 3.63) is 46.1 Å². The van der Waals surface area contributed by atoms with E-state index in [4.69, 9.17) is 5.73 Å². The van der Waals surface area contributed by atoms with Crippen molar-refractivity contribution < 1.29 is 4.79 Å². The summed E-state index contributed by atoms with van der Waals surface area (Å²) >= 11 is 3.40. The van der Waals surface area contributed by atoms with Crippen molar-refractivity contribution in [1.82, 2.24) is 15.5 Å². The second-order valence-corrected chi connectivity index (χ2v) is 5.66. The maximum atomic E-state index is 11.9. The summed E-state index contributed by atoms with van der Waals surface area (Å²) in [6.45, 7) is 2.43. The monoisotopic (exact) mass is 336 g/mol. The highest BCUT2D eigenvalue weighted by molar-refractivity contribution is 9.10. The quantitative estimate of drug-likeness (QED) is 0.784. The summed E-state index contributed by atoms with van der Waals surface area (Å²) in [5, 5.41) is 9.30. The van der Waals surface area contributed by atoms with Gasteiger partial charge in [-0.3, -0.25) is 9.89 Å². The second kappa shape index (κ2) is 6.56. The Balaban J connectivity index is 1.85. The number of hydrogen-bond acceptors (Lipinski definition) is 3. The van der Waals surface area contributed by atoms with E-state index >= 15 is 0 Å². The molecule has 5 nitrogen and oxygen atoms in total. The topological polar surface area (TPSA) is 83.8 Å². The van der Waals surface area contributed by atoms with E-state index < -0.39 is 0 Å². The van der Waals surface area contributed by atoms with Gasteiger partial charge >= 0.3 is 0 Å². The minimum absolute atomic E-state index is 0.000943. The van der Waals surface area contributed by atoms with Crippen LogP contribution < -0.4 is 11.1 Å². The second-order valence-electron chi connectivity index (χ2n) is 4.74. The lowest BCUT2D eigenvalue weighted by molar-refractivity contribution is -0.121. The van der Waals surface area contributed by atoms with Gasteiger partial charge in [-0.25, -0.2) is 0 Å². The van der Waals surface area contributed by atoms with Gasteiger partial charge in [0.25, 0.3) is 0 Å². The molecule has 1 atom stereocenters. The van der Waals surface area contributed by atoms with Crippen LogP contribution in [-0.4, -0.2) is 16.1 Å². The maximum absolute atomic E-state index is 11.9. The zero-order valence-electron chi connectivity index (χ0n) is 11.2. The molecule has 0 aliphatic heterocycles.